The second kappa shape index (κ2) is 2.26. The van der Waals surface area contributed by atoms with Gasteiger partial charge in [-0.25, -0.2) is 0 Å². The van der Waals surface area contributed by atoms with Crippen LogP contribution < -0.4 is 0 Å². The first kappa shape index (κ1) is 8.19. The quantitative estimate of drug-likeness (QED) is 0.551. The van der Waals surface area contributed by atoms with Crippen LogP contribution in [0.1, 0.15) is 0 Å². The van der Waals surface area contributed by atoms with Crippen LogP contribution in [0, 0.1) is 11.8 Å². The van der Waals surface area contributed by atoms with Crippen LogP contribution in [0.5, 0.6) is 0 Å². The third-order valence-corrected chi connectivity index (χ3v) is 3.19. The maximum absolute atomic E-state index is 10.9. The van der Waals surface area contributed by atoms with Crippen molar-refractivity contribution < 1.29 is 29.3 Å². The Morgan fingerprint density at radius 3 is 1.50 bits per heavy atom. The highest BCUT2D eigenvalue weighted by Gasteiger charge is 2.72. The molecule has 0 aromatic rings. The normalized spacial score (nSPS) is 52.9. The Bertz CT molecular complexity index is 296. The zero-order valence-corrected chi connectivity index (χ0v) is 6.99. The molecule has 6 atom stereocenters. The largest absolute Gasteiger partial charge is 0.481 e. The number of epoxide rings is 1. The SMILES string of the molecule is O=C(O)[C@H]1[C@@H]2O[C@@H]([C@H]3O[C@@H]32)[C@@H]1C(=O)O. The maximum Gasteiger partial charge on any atom is 0.310 e. The molecule has 2 N–H and O–H groups in total. The van der Waals surface area contributed by atoms with Crippen molar-refractivity contribution in [3.8, 4) is 0 Å². The van der Waals surface area contributed by atoms with Gasteiger partial charge in [-0.2, -0.15) is 0 Å². The van der Waals surface area contributed by atoms with Crippen LogP contribution in [0.25, 0.3) is 0 Å². The third kappa shape index (κ3) is 0.777. The number of hydrogen-bond donors (Lipinski definition) is 2. The van der Waals surface area contributed by atoms with E-state index in [9.17, 15) is 9.59 Å². The van der Waals surface area contributed by atoms with Gasteiger partial charge >= 0.3 is 11.9 Å². The fourth-order valence-corrected chi connectivity index (χ4v) is 2.58. The molecule has 3 fully saturated rings. The van der Waals surface area contributed by atoms with Crippen molar-refractivity contribution in [2.24, 2.45) is 11.8 Å². The number of rotatable bonds is 2. The third-order valence-electron chi connectivity index (χ3n) is 3.19. The predicted molar refractivity (Wildman–Crippen MR) is 39.6 cm³/mol. The molecule has 0 aliphatic carbocycles. The van der Waals surface area contributed by atoms with E-state index in [1.54, 1.807) is 0 Å². The van der Waals surface area contributed by atoms with Gasteiger partial charge in [-0.05, 0) is 0 Å². The van der Waals surface area contributed by atoms with Gasteiger partial charge in [0.05, 0.1) is 0 Å². The lowest BCUT2D eigenvalue weighted by Gasteiger charge is -2.17. The molecule has 3 aliphatic heterocycles. The molecule has 2 bridgehead atoms. The van der Waals surface area contributed by atoms with Crippen LogP contribution in [0.4, 0.5) is 0 Å². The fourth-order valence-electron chi connectivity index (χ4n) is 2.58. The molecule has 3 aliphatic rings. The van der Waals surface area contributed by atoms with E-state index >= 15 is 0 Å². The minimum atomic E-state index is -1.11. The van der Waals surface area contributed by atoms with Gasteiger partial charge in [0.25, 0.3) is 0 Å². The Labute approximate surface area is 78.4 Å². The molecule has 0 spiro atoms. The maximum atomic E-state index is 10.9. The standard InChI is InChI=1S/C8H8O6/c9-7(10)1-2(8(11)12)4-6-5(14-6)3(1)13-4/h1-6H,(H,9,10)(H,11,12)/t1-,2-,3-,4+,5-,6-/m1/s1. The second-order valence-corrected chi connectivity index (χ2v) is 3.86. The monoisotopic (exact) mass is 200 g/mol. The number of ether oxygens (including phenoxy) is 2. The number of carbonyl (C=O) groups is 2. The summed E-state index contributed by atoms with van der Waals surface area (Å²) in [6.45, 7) is 0. The number of fused-ring (bicyclic) bond motifs is 5. The van der Waals surface area contributed by atoms with Crippen molar-refractivity contribution in [3.63, 3.8) is 0 Å². The first-order valence-corrected chi connectivity index (χ1v) is 4.38. The summed E-state index contributed by atoms with van der Waals surface area (Å²) >= 11 is 0. The molecule has 6 heteroatoms. The fraction of sp³-hybridized carbons (Fsp3) is 0.750. The van der Waals surface area contributed by atoms with Crippen LogP contribution in [0.15, 0.2) is 0 Å². The van der Waals surface area contributed by atoms with Gasteiger partial charge in [-0.1, -0.05) is 0 Å². The van der Waals surface area contributed by atoms with Gasteiger partial charge in [-0.15, -0.1) is 0 Å². The highest BCUT2D eigenvalue weighted by atomic mass is 16.7. The Hall–Kier alpha value is -1.14. The van der Waals surface area contributed by atoms with E-state index < -0.39 is 36.0 Å². The van der Waals surface area contributed by atoms with Crippen LogP contribution in [-0.4, -0.2) is 46.6 Å². The van der Waals surface area contributed by atoms with Crippen molar-refractivity contribution in [3.05, 3.63) is 0 Å². The van der Waals surface area contributed by atoms with Gasteiger partial charge in [0.2, 0.25) is 0 Å². The van der Waals surface area contributed by atoms with Crippen molar-refractivity contribution in [2.45, 2.75) is 24.4 Å². The molecule has 3 heterocycles. The summed E-state index contributed by atoms with van der Waals surface area (Å²) in [5.74, 6) is -4.14. The Morgan fingerprint density at radius 2 is 1.14 bits per heavy atom. The number of hydrogen-bond acceptors (Lipinski definition) is 4. The van der Waals surface area contributed by atoms with E-state index in [-0.39, 0.29) is 12.2 Å². The topological polar surface area (TPSA) is 96.4 Å². The van der Waals surface area contributed by atoms with E-state index in [0.29, 0.717) is 0 Å². The number of aliphatic carboxylic acids is 2. The average molecular weight is 200 g/mol. The Morgan fingerprint density at radius 1 is 0.786 bits per heavy atom. The summed E-state index contributed by atoms with van der Waals surface area (Å²) in [5.41, 5.74) is 0. The molecule has 0 amide bonds. The van der Waals surface area contributed by atoms with Crippen molar-refractivity contribution in [2.75, 3.05) is 0 Å². The van der Waals surface area contributed by atoms with Crippen LogP contribution in [-0.2, 0) is 19.1 Å². The predicted octanol–water partition coefficient (Wildman–Crippen LogP) is -1.06. The van der Waals surface area contributed by atoms with Crippen molar-refractivity contribution in [1.82, 2.24) is 0 Å². The highest BCUT2D eigenvalue weighted by molar-refractivity contribution is 5.82. The van der Waals surface area contributed by atoms with Gasteiger partial charge in [-0.3, -0.25) is 9.59 Å². The van der Waals surface area contributed by atoms with Crippen LogP contribution in [0.2, 0.25) is 0 Å². The lowest BCUT2D eigenvalue weighted by molar-refractivity contribution is -0.153. The molecule has 76 valence electrons. The van der Waals surface area contributed by atoms with Gasteiger partial charge < -0.3 is 19.7 Å². The molecule has 3 saturated heterocycles. The smallest absolute Gasteiger partial charge is 0.310 e. The van der Waals surface area contributed by atoms with E-state index in [2.05, 4.69) is 0 Å². The molecule has 6 nitrogen and oxygen atoms in total. The molecule has 0 aromatic heterocycles. The number of carboxylic acid groups (broad SMARTS) is 2. The van der Waals surface area contributed by atoms with E-state index in [0.717, 1.165) is 0 Å². The summed E-state index contributed by atoms with van der Waals surface area (Å²) in [6.07, 6.45) is -1.50. The first-order valence-electron chi connectivity index (χ1n) is 4.38. The highest BCUT2D eigenvalue weighted by Crippen LogP contribution is 2.53. The Balaban J connectivity index is 1.95. The zero-order chi connectivity index (χ0) is 10.0. The summed E-state index contributed by atoms with van der Waals surface area (Å²) in [4.78, 5) is 21.7. The summed E-state index contributed by atoms with van der Waals surface area (Å²) in [5, 5.41) is 17.8. The molecule has 0 aromatic carbocycles. The lowest BCUT2D eigenvalue weighted by atomic mass is 9.79. The van der Waals surface area contributed by atoms with Gasteiger partial charge in [0.15, 0.2) is 0 Å². The van der Waals surface area contributed by atoms with Crippen molar-refractivity contribution >= 4 is 11.9 Å². The molecule has 0 saturated carbocycles. The first-order chi connectivity index (χ1) is 6.61. The molecular weight excluding hydrogens is 192 g/mol. The van der Waals surface area contributed by atoms with Crippen molar-refractivity contribution in [1.29, 1.82) is 0 Å². The van der Waals surface area contributed by atoms with E-state index in [1.807, 2.05) is 0 Å². The van der Waals surface area contributed by atoms with E-state index in [4.69, 9.17) is 19.7 Å². The van der Waals surface area contributed by atoms with Crippen LogP contribution >= 0.6 is 0 Å². The molecule has 0 unspecified atom stereocenters. The number of carboxylic acids is 2. The zero-order valence-electron chi connectivity index (χ0n) is 6.99. The summed E-state index contributed by atoms with van der Waals surface area (Å²) in [7, 11) is 0. The lowest BCUT2D eigenvalue weighted by Crippen LogP contribution is -2.41. The van der Waals surface area contributed by atoms with Gasteiger partial charge in [0, 0.05) is 0 Å². The second-order valence-electron chi connectivity index (χ2n) is 3.86. The molecule has 14 heavy (non-hydrogen) atoms. The Kier molecular flexibility index (Phi) is 1.32. The molecular formula is C8H8O6. The van der Waals surface area contributed by atoms with Crippen LogP contribution in [0.3, 0.4) is 0 Å². The summed E-state index contributed by atoms with van der Waals surface area (Å²) in [6, 6.07) is 0. The average Bonchev–Trinajstić information content (AvgIpc) is 2.71. The van der Waals surface area contributed by atoms with Gasteiger partial charge in [0.1, 0.15) is 36.3 Å². The van der Waals surface area contributed by atoms with E-state index in [1.165, 1.54) is 0 Å². The summed E-state index contributed by atoms with van der Waals surface area (Å²) < 4.78 is 10.4. The minimum Gasteiger partial charge on any atom is -0.481 e. The molecule has 3 rings (SSSR count). The minimum absolute atomic E-state index is 0.184. The molecule has 0 radical (unpaired) electrons.